The van der Waals surface area contributed by atoms with Gasteiger partial charge in [-0.1, -0.05) is 0 Å². The molecule has 0 aliphatic carbocycles. The van der Waals surface area contributed by atoms with Crippen LogP contribution in [0.15, 0.2) is 67.3 Å². The third-order valence-corrected chi connectivity index (χ3v) is 6.14. The SMILES string of the molecule is COCCn1cc(-c2ccnc(Nc3ccc(N4CCN(C)CC4)cc3)n2)c(-c2cccnc2)n1. The van der Waals surface area contributed by atoms with Crippen LogP contribution in [0.25, 0.3) is 22.5 Å². The number of rotatable bonds is 8. The molecule has 180 valence electrons. The van der Waals surface area contributed by atoms with E-state index in [0.29, 0.717) is 19.1 Å². The summed E-state index contributed by atoms with van der Waals surface area (Å²) < 4.78 is 7.11. The quantitative estimate of drug-likeness (QED) is 0.419. The van der Waals surface area contributed by atoms with Crippen molar-refractivity contribution in [3.05, 3.63) is 67.3 Å². The molecule has 5 rings (SSSR count). The molecular formula is C26H30N8O. The first-order chi connectivity index (χ1) is 17.2. The fourth-order valence-corrected chi connectivity index (χ4v) is 4.14. The molecule has 1 aliphatic rings. The first kappa shape index (κ1) is 22.9. The van der Waals surface area contributed by atoms with E-state index in [1.54, 1.807) is 19.5 Å². The number of hydrogen-bond acceptors (Lipinski definition) is 8. The topological polar surface area (TPSA) is 84.2 Å². The second-order valence-corrected chi connectivity index (χ2v) is 8.62. The summed E-state index contributed by atoms with van der Waals surface area (Å²) in [7, 11) is 3.86. The highest BCUT2D eigenvalue weighted by Crippen LogP contribution is 2.30. The number of hydrogen-bond donors (Lipinski definition) is 1. The number of anilines is 3. The molecule has 1 saturated heterocycles. The lowest BCUT2D eigenvalue weighted by Gasteiger charge is -2.34. The van der Waals surface area contributed by atoms with Gasteiger partial charge in [-0.3, -0.25) is 9.67 Å². The molecule has 0 radical (unpaired) electrons. The van der Waals surface area contributed by atoms with Gasteiger partial charge in [0.15, 0.2) is 0 Å². The number of nitrogens with zero attached hydrogens (tertiary/aromatic N) is 7. The van der Waals surface area contributed by atoms with Crippen LogP contribution in [0, 0.1) is 0 Å². The first-order valence-corrected chi connectivity index (χ1v) is 11.8. The van der Waals surface area contributed by atoms with Crippen molar-refractivity contribution in [2.24, 2.45) is 0 Å². The molecular weight excluding hydrogens is 440 g/mol. The summed E-state index contributed by atoms with van der Waals surface area (Å²) in [5, 5.41) is 8.12. The molecule has 9 heteroatoms. The van der Waals surface area contributed by atoms with E-state index in [1.807, 2.05) is 35.3 Å². The van der Waals surface area contributed by atoms with Gasteiger partial charge in [0.05, 0.1) is 18.8 Å². The monoisotopic (exact) mass is 470 g/mol. The summed E-state index contributed by atoms with van der Waals surface area (Å²) in [6.45, 7) is 5.50. The van der Waals surface area contributed by atoms with Gasteiger partial charge in [-0.05, 0) is 49.5 Å². The van der Waals surface area contributed by atoms with Crippen LogP contribution in [-0.4, -0.2) is 76.6 Å². The summed E-state index contributed by atoms with van der Waals surface area (Å²) in [6, 6.07) is 14.3. The van der Waals surface area contributed by atoms with E-state index in [9.17, 15) is 0 Å². The number of methoxy groups -OCH3 is 1. The Bertz CT molecular complexity index is 1230. The van der Waals surface area contributed by atoms with Crippen molar-refractivity contribution in [3.8, 4) is 22.5 Å². The van der Waals surface area contributed by atoms with E-state index >= 15 is 0 Å². The van der Waals surface area contributed by atoms with Gasteiger partial charge in [0.25, 0.3) is 0 Å². The van der Waals surface area contributed by atoms with Crippen molar-refractivity contribution in [2.75, 3.05) is 57.2 Å². The Kier molecular flexibility index (Phi) is 6.97. The van der Waals surface area contributed by atoms with Gasteiger partial charge in [-0.2, -0.15) is 5.10 Å². The number of pyridine rings is 1. The molecule has 0 atom stereocenters. The molecule has 1 N–H and O–H groups in total. The van der Waals surface area contributed by atoms with Gasteiger partial charge >= 0.3 is 0 Å². The second kappa shape index (κ2) is 10.6. The van der Waals surface area contributed by atoms with Crippen LogP contribution >= 0.6 is 0 Å². The molecule has 4 heterocycles. The Morgan fingerprint density at radius 1 is 1.00 bits per heavy atom. The number of aromatic nitrogens is 5. The Morgan fingerprint density at radius 3 is 2.57 bits per heavy atom. The lowest BCUT2D eigenvalue weighted by Crippen LogP contribution is -2.44. The van der Waals surface area contributed by atoms with Crippen molar-refractivity contribution in [1.82, 2.24) is 29.6 Å². The summed E-state index contributed by atoms with van der Waals surface area (Å²) in [5.41, 5.74) is 5.66. The third kappa shape index (κ3) is 5.47. The Balaban J connectivity index is 1.37. The molecule has 35 heavy (non-hydrogen) atoms. The molecule has 4 aromatic rings. The van der Waals surface area contributed by atoms with Crippen LogP contribution in [0.4, 0.5) is 17.3 Å². The first-order valence-electron chi connectivity index (χ1n) is 11.8. The smallest absolute Gasteiger partial charge is 0.227 e. The zero-order chi connectivity index (χ0) is 24.0. The normalized spacial score (nSPS) is 14.3. The Hall–Kier alpha value is -3.82. The van der Waals surface area contributed by atoms with Gasteiger partial charge in [-0.15, -0.1) is 0 Å². The Labute approximate surface area is 205 Å². The van der Waals surface area contributed by atoms with Crippen LogP contribution in [0.5, 0.6) is 0 Å². The van der Waals surface area contributed by atoms with Crippen molar-refractivity contribution in [3.63, 3.8) is 0 Å². The third-order valence-electron chi connectivity index (χ3n) is 6.14. The van der Waals surface area contributed by atoms with Crippen molar-refractivity contribution in [1.29, 1.82) is 0 Å². The maximum absolute atomic E-state index is 5.23. The van der Waals surface area contributed by atoms with Crippen molar-refractivity contribution < 1.29 is 4.74 Å². The fourth-order valence-electron chi connectivity index (χ4n) is 4.14. The summed E-state index contributed by atoms with van der Waals surface area (Å²) >= 11 is 0. The van der Waals surface area contributed by atoms with Crippen LogP contribution < -0.4 is 10.2 Å². The van der Waals surface area contributed by atoms with Gasteiger partial charge < -0.3 is 19.9 Å². The molecule has 1 aromatic carbocycles. The second-order valence-electron chi connectivity index (χ2n) is 8.62. The van der Waals surface area contributed by atoms with Crippen LogP contribution in [-0.2, 0) is 11.3 Å². The predicted octanol–water partition coefficient (Wildman–Crippen LogP) is 3.54. The molecule has 9 nitrogen and oxygen atoms in total. The fraction of sp³-hybridized carbons (Fsp3) is 0.308. The lowest BCUT2D eigenvalue weighted by molar-refractivity contribution is 0.183. The highest BCUT2D eigenvalue weighted by Gasteiger charge is 2.16. The summed E-state index contributed by atoms with van der Waals surface area (Å²) in [6.07, 6.45) is 7.34. The molecule has 0 amide bonds. The number of ether oxygens (including phenoxy) is 1. The maximum atomic E-state index is 5.23. The zero-order valence-corrected chi connectivity index (χ0v) is 20.1. The number of benzene rings is 1. The van der Waals surface area contributed by atoms with E-state index in [-0.39, 0.29) is 0 Å². The van der Waals surface area contributed by atoms with E-state index in [0.717, 1.165) is 54.4 Å². The van der Waals surface area contributed by atoms with Crippen LogP contribution in [0.3, 0.4) is 0 Å². The molecule has 0 saturated carbocycles. The summed E-state index contributed by atoms with van der Waals surface area (Å²) in [5.74, 6) is 0.539. The molecule has 1 fully saturated rings. The van der Waals surface area contributed by atoms with E-state index in [4.69, 9.17) is 14.8 Å². The lowest BCUT2D eigenvalue weighted by atomic mass is 10.1. The minimum atomic E-state index is 0.539. The molecule has 0 bridgehead atoms. The largest absolute Gasteiger partial charge is 0.383 e. The average Bonchev–Trinajstić information content (AvgIpc) is 3.34. The number of likely N-dealkylation sites (N-methyl/N-ethyl adjacent to an activating group) is 1. The molecule has 0 spiro atoms. The molecule has 3 aromatic heterocycles. The van der Waals surface area contributed by atoms with Gasteiger partial charge in [0.1, 0.15) is 5.69 Å². The standard InChI is InChI=1S/C26H30N8O/c1-32-12-14-33(15-13-32)22-7-5-21(6-8-22)29-26-28-11-9-24(30-26)23-19-34(16-17-35-2)31-25(23)20-4-3-10-27-18-20/h3-11,18-19H,12-17H2,1-2H3,(H,28,29,30). The number of nitrogens with one attached hydrogen (secondary N) is 1. The van der Waals surface area contributed by atoms with Gasteiger partial charge in [0.2, 0.25) is 5.95 Å². The number of piperazine rings is 1. The Morgan fingerprint density at radius 2 is 1.83 bits per heavy atom. The van der Waals surface area contributed by atoms with E-state index in [1.165, 1.54) is 5.69 Å². The minimum absolute atomic E-state index is 0.539. The summed E-state index contributed by atoms with van der Waals surface area (Å²) in [4.78, 5) is 18.3. The highest BCUT2D eigenvalue weighted by atomic mass is 16.5. The van der Waals surface area contributed by atoms with Crippen LogP contribution in [0.2, 0.25) is 0 Å². The van der Waals surface area contributed by atoms with E-state index in [2.05, 4.69) is 56.4 Å². The molecule has 1 aliphatic heterocycles. The average molecular weight is 471 g/mol. The zero-order valence-electron chi connectivity index (χ0n) is 20.1. The maximum Gasteiger partial charge on any atom is 0.227 e. The van der Waals surface area contributed by atoms with Crippen molar-refractivity contribution >= 4 is 17.3 Å². The minimum Gasteiger partial charge on any atom is -0.383 e. The van der Waals surface area contributed by atoms with Crippen LogP contribution in [0.1, 0.15) is 0 Å². The van der Waals surface area contributed by atoms with Crippen molar-refractivity contribution in [2.45, 2.75) is 6.54 Å². The molecule has 0 unspecified atom stereocenters. The highest BCUT2D eigenvalue weighted by molar-refractivity contribution is 5.78. The van der Waals surface area contributed by atoms with E-state index < -0.39 is 0 Å². The predicted molar refractivity (Wildman–Crippen MR) is 138 cm³/mol. The van der Waals surface area contributed by atoms with Gasteiger partial charge in [-0.25, -0.2) is 9.97 Å². The van der Waals surface area contributed by atoms with Gasteiger partial charge in [0, 0.05) is 80.6 Å².